The molecule has 4 nitrogen and oxygen atoms in total. The van der Waals surface area contributed by atoms with Gasteiger partial charge in [-0.15, -0.1) is 0 Å². The monoisotopic (exact) mass is 310 g/mol. The van der Waals surface area contributed by atoms with Crippen molar-refractivity contribution in [2.45, 2.75) is 6.92 Å². The second-order valence-electron chi connectivity index (χ2n) is 4.29. The van der Waals surface area contributed by atoms with Gasteiger partial charge in [0.05, 0.1) is 32.7 Å². The lowest BCUT2D eigenvalue weighted by Gasteiger charge is -2.14. The molecular weight excluding hydrogens is 299 g/mol. The molecule has 104 valence electrons. The molecule has 0 saturated heterocycles. The quantitative estimate of drug-likeness (QED) is 0.738. The van der Waals surface area contributed by atoms with Crippen molar-refractivity contribution in [1.29, 1.82) is 0 Å². The zero-order chi connectivity index (χ0) is 14.9. The first-order chi connectivity index (χ1) is 9.40. The second kappa shape index (κ2) is 5.61. The molecule has 0 aliphatic carbocycles. The van der Waals surface area contributed by atoms with Crippen LogP contribution in [0.5, 0.6) is 0 Å². The highest BCUT2D eigenvalue weighted by atomic mass is 35.5. The molecule has 0 amide bonds. The number of nitrogen functional groups attached to an aromatic ring is 1. The van der Waals surface area contributed by atoms with Gasteiger partial charge in [-0.05, 0) is 36.8 Å². The smallest absolute Gasteiger partial charge is 0.335 e. The molecule has 0 aliphatic rings. The van der Waals surface area contributed by atoms with Crippen molar-refractivity contribution in [3.8, 4) is 0 Å². The Kier molecular flexibility index (Phi) is 4.06. The van der Waals surface area contributed by atoms with Crippen LogP contribution in [0.15, 0.2) is 30.3 Å². The zero-order valence-electron chi connectivity index (χ0n) is 10.6. The summed E-state index contributed by atoms with van der Waals surface area (Å²) in [5, 5.41) is 12.9. The first-order valence-corrected chi connectivity index (χ1v) is 6.50. The van der Waals surface area contributed by atoms with Crippen LogP contribution in [0.25, 0.3) is 0 Å². The number of halogens is 2. The summed E-state index contributed by atoms with van der Waals surface area (Å²) in [7, 11) is 0. The van der Waals surface area contributed by atoms with Crippen LogP contribution in [0.1, 0.15) is 15.9 Å². The molecule has 0 unspecified atom stereocenters. The number of carboxylic acid groups (broad SMARTS) is 1. The van der Waals surface area contributed by atoms with Gasteiger partial charge in [0, 0.05) is 0 Å². The molecule has 0 heterocycles. The molecular formula is C14H12Cl2N2O2. The number of benzene rings is 2. The third-order valence-electron chi connectivity index (χ3n) is 2.84. The molecule has 0 bridgehead atoms. The van der Waals surface area contributed by atoms with Crippen LogP contribution < -0.4 is 11.1 Å². The van der Waals surface area contributed by atoms with Gasteiger partial charge in [-0.2, -0.15) is 0 Å². The summed E-state index contributed by atoms with van der Waals surface area (Å²) in [6, 6.07) is 7.90. The fourth-order valence-corrected chi connectivity index (χ4v) is 2.17. The third-order valence-corrected chi connectivity index (χ3v) is 3.65. The van der Waals surface area contributed by atoms with E-state index in [1.807, 2.05) is 6.92 Å². The summed E-state index contributed by atoms with van der Waals surface area (Å²) in [4.78, 5) is 11.0. The minimum absolute atomic E-state index is 0.126. The van der Waals surface area contributed by atoms with E-state index in [0.717, 1.165) is 5.56 Å². The van der Waals surface area contributed by atoms with Gasteiger partial charge in [-0.25, -0.2) is 4.79 Å². The lowest BCUT2D eigenvalue weighted by atomic mass is 10.1. The number of hydrogen-bond acceptors (Lipinski definition) is 3. The number of aryl methyl sites for hydroxylation is 1. The molecule has 0 spiro atoms. The van der Waals surface area contributed by atoms with Crippen LogP contribution in [0.3, 0.4) is 0 Å². The maximum absolute atomic E-state index is 11.0. The van der Waals surface area contributed by atoms with Crippen molar-refractivity contribution in [2.75, 3.05) is 11.1 Å². The fourth-order valence-electron chi connectivity index (χ4n) is 1.70. The van der Waals surface area contributed by atoms with E-state index < -0.39 is 5.97 Å². The van der Waals surface area contributed by atoms with Crippen LogP contribution in [-0.4, -0.2) is 11.1 Å². The van der Waals surface area contributed by atoms with Gasteiger partial charge in [-0.3, -0.25) is 0 Å². The molecule has 0 aliphatic heterocycles. The third kappa shape index (κ3) is 2.81. The van der Waals surface area contributed by atoms with Crippen molar-refractivity contribution >= 4 is 46.2 Å². The van der Waals surface area contributed by atoms with E-state index in [2.05, 4.69) is 5.32 Å². The van der Waals surface area contributed by atoms with Crippen molar-refractivity contribution in [1.82, 2.24) is 0 Å². The Balaban J connectivity index is 2.47. The van der Waals surface area contributed by atoms with Crippen molar-refractivity contribution in [2.24, 2.45) is 0 Å². The Morgan fingerprint density at radius 2 is 1.95 bits per heavy atom. The largest absolute Gasteiger partial charge is 0.478 e. The molecule has 0 aromatic heterocycles. The van der Waals surface area contributed by atoms with Gasteiger partial charge >= 0.3 is 5.97 Å². The van der Waals surface area contributed by atoms with E-state index in [-0.39, 0.29) is 5.56 Å². The average Bonchev–Trinajstić information content (AvgIpc) is 2.41. The average molecular weight is 311 g/mol. The van der Waals surface area contributed by atoms with Gasteiger partial charge in [-0.1, -0.05) is 29.3 Å². The zero-order valence-corrected chi connectivity index (χ0v) is 12.1. The van der Waals surface area contributed by atoms with Gasteiger partial charge in [0.1, 0.15) is 0 Å². The Hall–Kier alpha value is -1.91. The number of carbonyl (C=O) groups is 1. The van der Waals surface area contributed by atoms with Crippen molar-refractivity contribution in [3.63, 3.8) is 0 Å². The number of nitrogens with two attached hydrogens (primary N) is 1. The van der Waals surface area contributed by atoms with Crippen molar-refractivity contribution < 1.29 is 9.90 Å². The van der Waals surface area contributed by atoms with Crippen molar-refractivity contribution in [3.05, 3.63) is 51.5 Å². The Bertz CT molecular complexity index is 687. The molecule has 0 fully saturated rings. The number of aromatic carboxylic acids is 1. The topological polar surface area (TPSA) is 75.3 Å². The maximum atomic E-state index is 11.0. The summed E-state index contributed by atoms with van der Waals surface area (Å²) in [5.74, 6) is -1.03. The van der Waals surface area contributed by atoms with Crippen LogP contribution in [0.2, 0.25) is 10.0 Å². The molecule has 20 heavy (non-hydrogen) atoms. The highest BCUT2D eigenvalue weighted by molar-refractivity contribution is 6.39. The molecule has 2 aromatic rings. The first-order valence-electron chi connectivity index (χ1n) is 5.74. The number of nitrogens with one attached hydrogen (secondary N) is 1. The van der Waals surface area contributed by atoms with Crippen LogP contribution in [0.4, 0.5) is 17.1 Å². The predicted octanol–water partition coefficient (Wildman–Crippen LogP) is 4.33. The van der Waals surface area contributed by atoms with E-state index in [1.54, 1.807) is 12.1 Å². The molecule has 0 atom stereocenters. The molecule has 6 heteroatoms. The summed E-state index contributed by atoms with van der Waals surface area (Å²) in [6.07, 6.45) is 0. The minimum atomic E-state index is -1.03. The number of carboxylic acids is 1. The maximum Gasteiger partial charge on any atom is 0.335 e. The molecule has 0 saturated carbocycles. The number of anilines is 3. The minimum Gasteiger partial charge on any atom is -0.478 e. The van der Waals surface area contributed by atoms with E-state index in [4.69, 9.17) is 34.0 Å². The standard InChI is InChI=1S/C14H12Cl2N2O2/c1-7-2-4-9(15)13(12(7)16)18-11-6-8(14(19)20)3-5-10(11)17/h2-6,18H,17H2,1H3,(H,19,20). The SMILES string of the molecule is Cc1ccc(Cl)c(Nc2cc(C(=O)O)ccc2N)c1Cl. The van der Waals surface area contributed by atoms with Crippen LogP contribution in [0, 0.1) is 6.92 Å². The summed E-state index contributed by atoms with van der Waals surface area (Å²) >= 11 is 12.3. The van der Waals surface area contributed by atoms with Crippen LogP contribution in [-0.2, 0) is 0 Å². The Labute approximate surface area is 126 Å². The van der Waals surface area contributed by atoms with E-state index in [9.17, 15) is 4.79 Å². The molecule has 0 radical (unpaired) electrons. The van der Waals surface area contributed by atoms with E-state index >= 15 is 0 Å². The first kappa shape index (κ1) is 14.5. The number of rotatable bonds is 3. The Morgan fingerprint density at radius 1 is 1.25 bits per heavy atom. The Morgan fingerprint density at radius 3 is 2.60 bits per heavy atom. The van der Waals surface area contributed by atoms with E-state index in [0.29, 0.717) is 27.1 Å². The van der Waals surface area contributed by atoms with Gasteiger partial charge in [0.2, 0.25) is 0 Å². The van der Waals surface area contributed by atoms with Crippen LogP contribution >= 0.6 is 23.2 Å². The summed E-state index contributed by atoms with van der Waals surface area (Å²) < 4.78 is 0. The fraction of sp³-hybridized carbons (Fsp3) is 0.0714. The summed E-state index contributed by atoms with van der Waals surface area (Å²) in [5.41, 5.74) is 8.17. The highest BCUT2D eigenvalue weighted by Crippen LogP contribution is 2.36. The lowest BCUT2D eigenvalue weighted by Crippen LogP contribution is -2.02. The number of hydrogen-bond donors (Lipinski definition) is 3. The van der Waals surface area contributed by atoms with E-state index in [1.165, 1.54) is 18.2 Å². The second-order valence-corrected chi connectivity index (χ2v) is 5.07. The normalized spacial score (nSPS) is 10.3. The van der Waals surface area contributed by atoms with Gasteiger partial charge < -0.3 is 16.2 Å². The lowest BCUT2D eigenvalue weighted by molar-refractivity contribution is 0.0697. The molecule has 2 aromatic carbocycles. The highest BCUT2D eigenvalue weighted by Gasteiger charge is 2.12. The van der Waals surface area contributed by atoms with Gasteiger partial charge in [0.15, 0.2) is 0 Å². The molecule has 2 rings (SSSR count). The summed E-state index contributed by atoms with van der Waals surface area (Å²) in [6.45, 7) is 1.85. The van der Waals surface area contributed by atoms with Gasteiger partial charge in [0.25, 0.3) is 0 Å². The predicted molar refractivity (Wildman–Crippen MR) is 82.3 cm³/mol. The molecule has 4 N–H and O–H groups in total.